The number of benzene rings is 1. The first-order valence-corrected chi connectivity index (χ1v) is 9.02. The van der Waals surface area contributed by atoms with Crippen LogP contribution >= 0.6 is 11.3 Å². The number of rotatable bonds is 4. The van der Waals surface area contributed by atoms with Crippen LogP contribution in [-0.2, 0) is 14.8 Å². The van der Waals surface area contributed by atoms with Gasteiger partial charge in [0, 0.05) is 11.6 Å². The number of carbonyl (C=O) groups is 1. The van der Waals surface area contributed by atoms with Crippen molar-refractivity contribution in [2.75, 3.05) is 11.8 Å². The summed E-state index contributed by atoms with van der Waals surface area (Å²) in [5.74, 6) is -1.26. The van der Waals surface area contributed by atoms with Gasteiger partial charge in [-0.05, 0) is 35.7 Å². The van der Waals surface area contributed by atoms with E-state index in [0.717, 1.165) is 23.5 Å². The maximum absolute atomic E-state index is 13.8. The zero-order chi connectivity index (χ0) is 17.3. The third kappa shape index (κ3) is 2.83. The molecule has 0 radical (unpaired) electrons. The van der Waals surface area contributed by atoms with E-state index in [1.54, 1.807) is 5.38 Å². The minimum Gasteiger partial charge on any atom is -0.465 e. The molecular weight excluding hydrogens is 355 g/mol. The summed E-state index contributed by atoms with van der Waals surface area (Å²) in [6, 6.07) is 6.64. The molecule has 9 heteroatoms. The van der Waals surface area contributed by atoms with Crippen LogP contribution in [0.1, 0.15) is 9.67 Å². The highest BCUT2D eigenvalue weighted by atomic mass is 32.2. The normalized spacial score (nSPS) is 11.4. The van der Waals surface area contributed by atoms with E-state index in [0.29, 0.717) is 0 Å². The molecule has 1 aromatic carbocycles. The lowest BCUT2D eigenvalue weighted by molar-refractivity contribution is 0.0607. The Morgan fingerprint density at radius 1 is 1.29 bits per heavy atom. The van der Waals surface area contributed by atoms with Crippen LogP contribution in [0.2, 0.25) is 0 Å². The number of fused-ring (bicyclic) bond motifs is 1. The first-order chi connectivity index (χ1) is 11.4. The number of hydrogen-bond acceptors (Lipinski definition) is 6. The Balaban J connectivity index is 2.09. The van der Waals surface area contributed by atoms with E-state index >= 15 is 0 Å². The lowest BCUT2D eigenvalue weighted by atomic mass is 10.2. The Labute approximate surface area is 141 Å². The fourth-order valence-corrected chi connectivity index (χ4v) is 4.29. The van der Waals surface area contributed by atoms with E-state index in [9.17, 15) is 17.6 Å². The molecule has 2 aromatic heterocycles. The smallest absolute Gasteiger partial charge is 0.350 e. The number of hydrogen-bond donors (Lipinski definition) is 1. The van der Waals surface area contributed by atoms with Crippen LogP contribution in [0.5, 0.6) is 0 Å². The monoisotopic (exact) mass is 366 g/mol. The molecule has 0 saturated carbocycles. The van der Waals surface area contributed by atoms with E-state index in [1.807, 2.05) is 0 Å². The molecule has 6 nitrogen and oxygen atoms in total. The number of nitrogens with zero attached hydrogens (tertiary/aromatic N) is 1. The highest BCUT2D eigenvalue weighted by Crippen LogP contribution is 2.29. The molecule has 124 valence electrons. The number of esters is 1. The Morgan fingerprint density at radius 2 is 2.08 bits per heavy atom. The van der Waals surface area contributed by atoms with E-state index < -0.39 is 21.8 Å². The van der Waals surface area contributed by atoms with Crippen LogP contribution in [0, 0.1) is 5.82 Å². The summed E-state index contributed by atoms with van der Waals surface area (Å²) >= 11 is 1.05. The molecule has 0 fully saturated rings. The van der Waals surface area contributed by atoms with Gasteiger partial charge in [-0.2, -0.15) is 0 Å². The number of halogens is 1. The summed E-state index contributed by atoms with van der Waals surface area (Å²) in [6.45, 7) is 0. The summed E-state index contributed by atoms with van der Waals surface area (Å²) in [5.41, 5.74) is 0.0621. The van der Waals surface area contributed by atoms with Crippen molar-refractivity contribution in [3.63, 3.8) is 0 Å². The summed E-state index contributed by atoms with van der Waals surface area (Å²) in [5, 5.41) is 1.72. The van der Waals surface area contributed by atoms with Crippen LogP contribution in [0.4, 0.5) is 10.1 Å². The maximum atomic E-state index is 13.8. The Hall–Kier alpha value is -2.52. The first-order valence-electron chi connectivity index (χ1n) is 6.66. The van der Waals surface area contributed by atoms with Crippen molar-refractivity contribution in [2.45, 2.75) is 4.90 Å². The Bertz CT molecular complexity index is 1030. The molecule has 0 amide bonds. The molecule has 3 rings (SSSR count). The van der Waals surface area contributed by atoms with Crippen LogP contribution in [0.3, 0.4) is 0 Å². The van der Waals surface area contributed by atoms with E-state index in [1.165, 1.54) is 31.5 Å². The number of ether oxygens (including phenoxy) is 1. The fraction of sp³-hybridized carbons (Fsp3) is 0.0667. The molecule has 0 aliphatic heterocycles. The second-order valence-corrected chi connectivity index (χ2v) is 7.27. The largest absolute Gasteiger partial charge is 0.465 e. The molecule has 24 heavy (non-hydrogen) atoms. The molecule has 2 heterocycles. The van der Waals surface area contributed by atoms with Gasteiger partial charge < -0.3 is 4.74 Å². The van der Waals surface area contributed by atoms with E-state index in [2.05, 4.69) is 14.4 Å². The predicted molar refractivity (Wildman–Crippen MR) is 88.2 cm³/mol. The van der Waals surface area contributed by atoms with E-state index in [4.69, 9.17) is 0 Å². The predicted octanol–water partition coefficient (Wildman–Crippen LogP) is 3.02. The molecule has 1 N–H and O–H groups in total. The number of sulfonamides is 1. The van der Waals surface area contributed by atoms with Crippen molar-refractivity contribution in [2.24, 2.45) is 0 Å². The van der Waals surface area contributed by atoms with Gasteiger partial charge in [0.05, 0.1) is 17.7 Å². The van der Waals surface area contributed by atoms with Crippen molar-refractivity contribution in [1.29, 1.82) is 0 Å². The number of nitrogens with one attached hydrogen (secondary N) is 1. The molecule has 0 atom stereocenters. The minimum atomic E-state index is -4.05. The number of anilines is 1. The fourth-order valence-electron chi connectivity index (χ4n) is 2.19. The van der Waals surface area contributed by atoms with Crippen LogP contribution in [-0.4, -0.2) is 26.5 Å². The topological polar surface area (TPSA) is 85.4 Å². The summed E-state index contributed by atoms with van der Waals surface area (Å²) < 4.78 is 46.1. The van der Waals surface area contributed by atoms with Crippen molar-refractivity contribution >= 4 is 43.9 Å². The Kier molecular flexibility index (Phi) is 4.20. The number of thiophene rings is 1. The van der Waals surface area contributed by atoms with Gasteiger partial charge in [0.1, 0.15) is 16.2 Å². The van der Waals surface area contributed by atoms with Crippen LogP contribution in [0.25, 0.3) is 10.9 Å². The second kappa shape index (κ2) is 6.17. The van der Waals surface area contributed by atoms with Gasteiger partial charge in [-0.3, -0.25) is 9.71 Å². The quantitative estimate of drug-likeness (QED) is 0.718. The zero-order valence-electron chi connectivity index (χ0n) is 12.3. The molecule has 0 bridgehead atoms. The highest BCUT2D eigenvalue weighted by molar-refractivity contribution is 7.93. The van der Waals surface area contributed by atoms with Crippen molar-refractivity contribution in [1.82, 2.24) is 4.98 Å². The summed E-state index contributed by atoms with van der Waals surface area (Å²) in [7, 11) is -2.84. The number of carbonyl (C=O) groups excluding carboxylic acids is 1. The van der Waals surface area contributed by atoms with Gasteiger partial charge in [0.2, 0.25) is 0 Å². The van der Waals surface area contributed by atoms with Gasteiger partial charge in [-0.1, -0.05) is 0 Å². The maximum Gasteiger partial charge on any atom is 0.350 e. The number of aromatic nitrogens is 1. The summed E-state index contributed by atoms with van der Waals surface area (Å²) in [4.78, 5) is 15.5. The molecule has 3 aromatic rings. The van der Waals surface area contributed by atoms with Crippen molar-refractivity contribution < 1.29 is 22.3 Å². The standard InChI is InChI=1S/C15H11FN2O4S2/c1-22-15(19)14-11(6-8-23-14)18-24(20,21)12-5-4-10(16)13-9(12)3-2-7-17-13/h2-8,18H,1H3. The lowest BCUT2D eigenvalue weighted by Gasteiger charge is -2.10. The van der Waals surface area contributed by atoms with Gasteiger partial charge in [0.15, 0.2) is 0 Å². The SMILES string of the molecule is COC(=O)c1sccc1NS(=O)(=O)c1ccc(F)c2ncccc12. The third-order valence-corrected chi connectivity index (χ3v) is 5.57. The average Bonchev–Trinajstić information content (AvgIpc) is 3.01. The molecule has 0 aliphatic rings. The van der Waals surface area contributed by atoms with Crippen molar-refractivity contribution in [3.8, 4) is 0 Å². The molecule has 0 spiro atoms. The second-order valence-electron chi connectivity index (χ2n) is 4.71. The van der Waals surface area contributed by atoms with Gasteiger partial charge in [0.25, 0.3) is 10.0 Å². The van der Waals surface area contributed by atoms with Crippen molar-refractivity contribution in [3.05, 3.63) is 52.6 Å². The van der Waals surface area contributed by atoms with Crippen LogP contribution < -0.4 is 4.72 Å². The average molecular weight is 366 g/mol. The molecule has 0 saturated heterocycles. The van der Waals surface area contributed by atoms with Gasteiger partial charge in [-0.25, -0.2) is 17.6 Å². The van der Waals surface area contributed by atoms with E-state index in [-0.39, 0.29) is 26.4 Å². The third-order valence-electron chi connectivity index (χ3n) is 3.25. The zero-order valence-corrected chi connectivity index (χ0v) is 13.9. The minimum absolute atomic E-state index is 0.0427. The van der Waals surface area contributed by atoms with Gasteiger partial charge in [-0.15, -0.1) is 11.3 Å². The van der Waals surface area contributed by atoms with Gasteiger partial charge >= 0.3 is 5.97 Å². The first kappa shape index (κ1) is 16.3. The van der Waals surface area contributed by atoms with Crippen LogP contribution in [0.15, 0.2) is 46.8 Å². The number of methoxy groups -OCH3 is 1. The Morgan fingerprint density at radius 3 is 2.83 bits per heavy atom. The molecular formula is C15H11FN2O4S2. The molecule has 0 unspecified atom stereocenters. The highest BCUT2D eigenvalue weighted by Gasteiger charge is 2.23. The molecule has 0 aliphatic carbocycles. The summed E-state index contributed by atoms with van der Waals surface area (Å²) in [6.07, 6.45) is 1.38. The number of pyridine rings is 1. The lowest BCUT2D eigenvalue weighted by Crippen LogP contribution is -2.15.